The van der Waals surface area contributed by atoms with E-state index in [0.29, 0.717) is 0 Å². The van der Waals surface area contributed by atoms with Gasteiger partial charge in [-0.15, -0.1) is 6.42 Å². The van der Waals surface area contributed by atoms with E-state index in [-0.39, 0.29) is 4.90 Å². The van der Waals surface area contributed by atoms with Crippen LogP contribution >= 0.6 is 0 Å². The monoisotopic (exact) mass is 266 g/mol. The van der Waals surface area contributed by atoms with Gasteiger partial charge >= 0.3 is 0 Å². The molecule has 1 unspecified atom stereocenters. The fourth-order valence-electron chi connectivity index (χ4n) is 1.39. The third-order valence-electron chi connectivity index (χ3n) is 2.39. The van der Waals surface area contributed by atoms with E-state index in [1.54, 1.807) is 31.2 Å². The fourth-order valence-corrected chi connectivity index (χ4v) is 2.55. The molecule has 0 aromatic heterocycles. The van der Waals surface area contributed by atoms with E-state index in [9.17, 15) is 8.42 Å². The Labute approximate surface area is 109 Å². The van der Waals surface area contributed by atoms with E-state index in [0.717, 1.165) is 18.7 Å². The third-order valence-corrected chi connectivity index (χ3v) is 3.95. The molecular formula is C13H18N2O2S. The lowest BCUT2D eigenvalue weighted by Crippen LogP contribution is -2.31. The van der Waals surface area contributed by atoms with Crippen molar-refractivity contribution in [3.63, 3.8) is 0 Å². The molecule has 0 bridgehead atoms. The van der Waals surface area contributed by atoms with E-state index in [1.165, 1.54) is 0 Å². The second kappa shape index (κ2) is 6.55. The van der Waals surface area contributed by atoms with Gasteiger partial charge in [0.15, 0.2) is 0 Å². The van der Waals surface area contributed by atoms with Gasteiger partial charge < -0.3 is 5.32 Å². The number of hydrogen-bond donors (Lipinski definition) is 2. The molecule has 0 saturated carbocycles. The largest absolute Gasteiger partial charge is 0.313 e. The predicted molar refractivity (Wildman–Crippen MR) is 72.4 cm³/mol. The van der Waals surface area contributed by atoms with Gasteiger partial charge in [-0.25, -0.2) is 8.42 Å². The first-order valence-electron chi connectivity index (χ1n) is 5.77. The molecule has 2 N–H and O–H groups in total. The minimum absolute atomic E-state index is 0.227. The van der Waals surface area contributed by atoms with E-state index < -0.39 is 16.1 Å². The van der Waals surface area contributed by atoms with Crippen LogP contribution in [-0.4, -0.2) is 21.0 Å². The summed E-state index contributed by atoms with van der Waals surface area (Å²) < 4.78 is 26.2. The van der Waals surface area contributed by atoms with Crippen LogP contribution in [0.3, 0.4) is 0 Å². The summed E-state index contributed by atoms with van der Waals surface area (Å²) >= 11 is 0. The van der Waals surface area contributed by atoms with Crippen LogP contribution in [0.2, 0.25) is 0 Å². The Morgan fingerprint density at radius 3 is 2.44 bits per heavy atom. The van der Waals surface area contributed by atoms with Crippen LogP contribution < -0.4 is 10.0 Å². The SMILES string of the molecule is C#CC(C)NS(=O)(=O)c1ccc(CNCC)cc1. The van der Waals surface area contributed by atoms with Crippen molar-refractivity contribution in [3.05, 3.63) is 29.8 Å². The lowest BCUT2D eigenvalue weighted by Gasteiger charge is -2.09. The molecule has 1 rings (SSSR count). The molecule has 0 aliphatic heterocycles. The Morgan fingerprint density at radius 2 is 1.94 bits per heavy atom. The molecule has 0 amide bonds. The summed E-state index contributed by atoms with van der Waals surface area (Å²) in [6.07, 6.45) is 5.15. The zero-order valence-corrected chi connectivity index (χ0v) is 11.4. The molecule has 1 aromatic carbocycles. The van der Waals surface area contributed by atoms with Gasteiger partial charge in [-0.3, -0.25) is 0 Å². The van der Waals surface area contributed by atoms with Crippen molar-refractivity contribution in [1.82, 2.24) is 10.0 Å². The summed E-state index contributed by atoms with van der Waals surface area (Å²) in [7, 11) is -3.52. The van der Waals surface area contributed by atoms with Crippen LogP contribution in [0.15, 0.2) is 29.2 Å². The fraction of sp³-hybridized carbons (Fsp3) is 0.385. The minimum atomic E-state index is -3.52. The summed E-state index contributed by atoms with van der Waals surface area (Å²) in [5.41, 5.74) is 1.04. The van der Waals surface area contributed by atoms with E-state index in [2.05, 4.69) is 16.0 Å². The molecule has 0 aliphatic carbocycles. The first-order valence-corrected chi connectivity index (χ1v) is 7.26. The van der Waals surface area contributed by atoms with Crippen molar-refractivity contribution >= 4 is 10.0 Å². The molecule has 4 nitrogen and oxygen atoms in total. The Kier molecular flexibility index (Phi) is 5.35. The third kappa shape index (κ3) is 4.15. The van der Waals surface area contributed by atoms with Crippen molar-refractivity contribution in [2.45, 2.75) is 31.3 Å². The van der Waals surface area contributed by atoms with Crippen molar-refractivity contribution in [2.24, 2.45) is 0 Å². The summed E-state index contributed by atoms with van der Waals surface area (Å²) in [6, 6.07) is 6.22. The highest BCUT2D eigenvalue weighted by Crippen LogP contribution is 2.11. The highest BCUT2D eigenvalue weighted by molar-refractivity contribution is 7.89. The predicted octanol–water partition coefficient (Wildman–Crippen LogP) is 1.10. The summed E-state index contributed by atoms with van der Waals surface area (Å²) in [5, 5.41) is 3.17. The zero-order chi connectivity index (χ0) is 13.6. The standard InChI is InChI=1S/C13H18N2O2S/c1-4-11(3)15-18(16,17)13-8-6-12(7-9-13)10-14-5-2/h1,6-9,11,14-15H,5,10H2,2-3H3. The Balaban J connectivity index is 2.81. The topological polar surface area (TPSA) is 58.2 Å². The van der Waals surface area contributed by atoms with E-state index in [4.69, 9.17) is 6.42 Å². The minimum Gasteiger partial charge on any atom is -0.313 e. The second-order valence-electron chi connectivity index (χ2n) is 3.93. The van der Waals surface area contributed by atoms with E-state index in [1.807, 2.05) is 6.92 Å². The van der Waals surface area contributed by atoms with Gasteiger partial charge in [0.1, 0.15) is 0 Å². The van der Waals surface area contributed by atoms with Gasteiger partial charge in [0, 0.05) is 6.54 Å². The van der Waals surface area contributed by atoms with Crippen LogP contribution in [-0.2, 0) is 16.6 Å². The molecule has 1 aromatic rings. The number of hydrogen-bond acceptors (Lipinski definition) is 3. The van der Waals surface area contributed by atoms with Crippen LogP contribution in [0.4, 0.5) is 0 Å². The summed E-state index contributed by atoms with van der Waals surface area (Å²) in [4.78, 5) is 0.227. The van der Waals surface area contributed by atoms with Crippen LogP contribution in [0, 0.1) is 12.3 Å². The van der Waals surface area contributed by atoms with Crippen LogP contribution in [0.25, 0.3) is 0 Å². The molecule has 0 radical (unpaired) electrons. The van der Waals surface area contributed by atoms with Crippen molar-refractivity contribution in [3.8, 4) is 12.3 Å². The summed E-state index contributed by atoms with van der Waals surface area (Å²) in [6.45, 7) is 5.24. The molecule has 5 heteroatoms. The van der Waals surface area contributed by atoms with Crippen LogP contribution in [0.1, 0.15) is 19.4 Å². The van der Waals surface area contributed by atoms with Crippen molar-refractivity contribution < 1.29 is 8.42 Å². The van der Waals surface area contributed by atoms with Crippen molar-refractivity contribution in [2.75, 3.05) is 6.54 Å². The molecule has 18 heavy (non-hydrogen) atoms. The van der Waals surface area contributed by atoms with E-state index >= 15 is 0 Å². The lowest BCUT2D eigenvalue weighted by atomic mass is 10.2. The van der Waals surface area contributed by atoms with Gasteiger partial charge in [-0.05, 0) is 31.2 Å². The van der Waals surface area contributed by atoms with Gasteiger partial charge in [0.2, 0.25) is 10.0 Å². The maximum Gasteiger partial charge on any atom is 0.241 e. The number of terminal acetylenes is 1. The average molecular weight is 266 g/mol. The average Bonchev–Trinajstić information content (AvgIpc) is 2.36. The molecule has 0 aliphatic rings. The smallest absolute Gasteiger partial charge is 0.241 e. The Bertz CT molecular complexity index is 515. The number of benzene rings is 1. The van der Waals surface area contributed by atoms with Crippen molar-refractivity contribution in [1.29, 1.82) is 0 Å². The quantitative estimate of drug-likeness (QED) is 0.758. The molecular weight excluding hydrogens is 248 g/mol. The molecule has 0 saturated heterocycles. The zero-order valence-electron chi connectivity index (χ0n) is 10.6. The number of rotatable bonds is 6. The second-order valence-corrected chi connectivity index (χ2v) is 5.65. The molecule has 0 fully saturated rings. The lowest BCUT2D eigenvalue weighted by molar-refractivity contribution is 0.577. The maximum atomic E-state index is 11.9. The number of sulfonamides is 1. The molecule has 98 valence electrons. The maximum absolute atomic E-state index is 11.9. The Morgan fingerprint density at radius 1 is 1.33 bits per heavy atom. The first-order chi connectivity index (χ1) is 8.49. The first kappa shape index (κ1) is 14.7. The molecule has 0 spiro atoms. The summed E-state index contributed by atoms with van der Waals surface area (Å²) in [5.74, 6) is 2.33. The Hall–Kier alpha value is -1.35. The molecule has 0 heterocycles. The highest BCUT2D eigenvalue weighted by atomic mass is 32.2. The molecule has 1 atom stereocenters. The van der Waals surface area contributed by atoms with Gasteiger partial charge in [0.25, 0.3) is 0 Å². The van der Waals surface area contributed by atoms with Gasteiger partial charge in [-0.1, -0.05) is 25.0 Å². The highest BCUT2D eigenvalue weighted by Gasteiger charge is 2.15. The van der Waals surface area contributed by atoms with Crippen LogP contribution in [0.5, 0.6) is 0 Å². The normalized spacial score (nSPS) is 12.9. The van der Waals surface area contributed by atoms with Gasteiger partial charge in [-0.2, -0.15) is 4.72 Å². The van der Waals surface area contributed by atoms with Gasteiger partial charge in [0.05, 0.1) is 10.9 Å². The number of nitrogens with one attached hydrogen (secondary N) is 2.